The molecule has 16 heavy (non-hydrogen) atoms. The molecule has 0 aromatic heterocycles. The average molecular weight is 227 g/mol. The molecule has 4 heteroatoms. The van der Waals surface area contributed by atoms with Crippen molar-refractivity contribution < 1.29 is 4.79 Å². The summed E-state index contributed by atoms with van der Waals surface area (Å²) in [6.45, 7) is 10.6. The normalized spacial score (nSPS) is 18.9. The summed E-state index contributed by atoms with van der Waals surface area (Å²) in [5.41, 5.74) is 5.81. The van der Waals surface area contributed by atoms with Crippen LogP contribution in [0.2, 0.25) is 0 Å². The van der Waals surface area contributed by atoms with Gasteiger partial charge in [-0.1, -0.05) is 6.92 Å². The second-order valence-corrected chi connectivity index (χ2v) is 5.13. The number of nitrogens with zero attached hydrogens (tertiary/aromatic N) is 2. The number of carbonyl (C=O) groups excluding carboxylic acids is 1. The first-order valence-electron chi connectivity index (χ1n) is 6.24. The lowest BCUT2D eigenvalue weighted by atomic mass is 10.0. The number of hydrogen-bond donors (Lipinski definition) is 1. The molecule has 0 bridgehead atoms. The molecule has 1 amide bonds. The minimum atomic E-state index is 0.0555. The molecule has 1 rings (SSSR count). The lowest BCUT2D eigenvalue weighted by Gasteiger charge is -2.43. The molecule has 1 heterocycles. The van der Waals surface area contributed by atoms with Crippen molar-refractivity contribution in [2.45, 2.75) is 39.2 Å². The monoisotopic (exact) mass is 227 g/mol. The molecule has 0 aliphatic carbocycles. The van der Waals surface area contributed by atoms with Crippen LogP contribution in [0.5, 0.6) is 0 Å². The Labute approximate surface area is 98.8 Å². The molecule has 0 atom stereocenters. The Kier molecular flexibility index (Phi) is 4.74. The van der Waals surface area contributed by atoms with E-state index in [9.17, 15) is 4.79 Å². The molecule has 2 N–H and O–H groups in total. The van der Waals surface area contributed by atoms with E-state index in [1.54, 1.807) is 0 Å². The van der Waals surface area contributed by atoms with Crippen LogP contribution in [0.15, 0.2) is 0 Å². The lowest BCUT2D eigenvalue weighted by molar-refractivity contribution is -0.133. The summed E-state index contributed by atoms with van der Waals surface area (Å²) in [6, 6.07) is 0. The summed E-state index contributed by atoms with van der Waals surface area (Å²) in [5.74, 6) is 0.299. The lowest BCUT2D eigenvalue weighted by Crippen LogP contribution is -2.58. The number of piperazine rings is 1. The van der Waals surface area contributed by atoms with Crippen molar-refractivity contribution in [3.05, 3.63) is 0 Å². The molecular formula is C12H25N3O. The zero-order chi connectivity index (χ0) is 12.2. The third kappa shape index (κ3) is 3.19. The highest BCUT2D eigenvalue weighted by molar-refractivity contribution is 5.76. The fraction of sp³-hybridized carbons (Fsp3) is 0.917. The molecule has 4 nitrogen and oxygen atoms in total. The number of carbonyl (C=O) groups is 1. The summed E-state index contributed by atoms with van der Waals surface area (Å²) in [7, 11) is 0. The Morgan fingerprint density at radius 3 is 2.25 bits per heavy atom. The molecule has 94 valence electrons. The van der Waals surface area contributed by atoms with E-state index in [1.165, 1.54) is 0 Å². The van der Waals surface area contributed by atoms with E-state index < -0.39 is 0 Å². The molecule has 1 saturated heterocycles. The molecule has 0 spiro atoms. The number of amides is 1. The highest BCUT2D eigenvalue weighted by Crippen LogP contribution is 2.16. The van der Waals surface area contributed by atoms with E-state index >= 15 is 0 Å². The summed E-state index contributed by atoms with van der Waals surface area (Å²) in [4.78, 5) is 16.1. The minimum absolute atomic E-state index is 0.0555. The SMILES string of the molecule is CCCC(=O)N1CCN(C(C)(C)CN)CC1. The van der Waals surface area contributed by atoms with Gasteiger partial charge in [0, 0.05) is 44.7 Å². The predicted octanol–water partition coefficient (Wildman–Crippen LogP) is 0.668. The van der Waals surface area contributed by atoms with Gasteiger partial charge in [-0.2, -0.15) is 0 Å². The second-order valence-electron chi connectivity index (χ2n) is 5.13. The summed E-state index contributed by atoms with van der Waals surface area (Å²) >= 11 is 0. The van der Waals surface area contributed by atoms with Gasteiger partial charge >= 0.3 is 0 Å². The van der Waals surface area contributed by atoms with Crippen LogP contribution in [0.25, 0.3) is 0 Å². The number of nitrogens with two attached hydrogens (primary N) is 1. The Morgan fingerprint density at radius 2 is 1.81 bits per heavy atom. The van der Waals surface area contributed by atoms with E-state index in [0.29, 0.717) is 18.9 Å². The topological polar surface area (TPSA) is 49.6 Å². The van der Waals surface area contributed by atoms with E-state index in [2.05, 4.69) is 18.7 Å². The smallest absolute Gasteiger partial charge is 0.222 e. The Bertz CT molecular complexity index is 232. The number of hydrogen-bond acceptors (Lipinski definition) is 3. The fourth-order valence-corrected chi connectivity index (χ4v) is 2.06. The van der Waals surface area contributed by atoms with Gasteiger partial charge in [0.1, 0.15) is 0 Å². The Morgan fingerprint density at radius 1 is 1.25 bits per heavy atom. The molecule has 1 fully saturated rings. The van der Waals surface area contributed by atoms with Gasteiger partial charge in [-0.25, -0.2) is 0 Å². The van der Waals surface area contributed by atoms with E-state index in [0.717, 1.165) is 32.6 Å². The van der Waals surface area contributed by atoms with Gasteiger partial charge in [-0.05, 0) is 20.3 Å². The molecule has 0 saturated carbocycles. The molecule has 1 aliphatic heterocycles. The minimum Gasteiger partial charge on any atom is -0.340 e. The number of rotatable bonds is 4. The van der Waals surface area contributed by atoms with E-state index in [4.69, 9.17) is 5.73 Å². The molecule has 0 unspecified atom stereocenters. The van der Waals surface area contributed by atoms with Crippen molar-refractivity contribution in [1.82, 2.24) is 9.80 Å². The van der Waals surface area contributed by atoms with Crippen LogP contribution in [0.3, 0.4) is 0 Å². The van der Waals surface area contributed by atoms with Crippen molar-refractivity contribution in [1.29, 1.82) is 0 Å². The van der Waals surface area contributed by atoms with Crippen molar-refractivity contribution in [3.63, 3.8) is 0 Å². The Balaban J connectivity index is 2.42. The van der Waals surface area contributed by atoms with E-state index in [-0.39, 0.29) is 5.54 Å². The average Bonchev–Trinajstić information content (AvgIpc) is 2.29. The van der Waals surface area contributed by atoms with Crippen molar-refractivity contribution in [2.24, 2.45) is 5.73 Å². The predicted molar refractivity (Wildman–Crippen MR) is 66.2 cm³/mol. The quantitative estimate of drug-likeness (QED) is 0.768. The summed E-state index contributed by atoms with van der Waals surface area (Å²) < 4.78 is 0. The summed E-state index contributed by atoms with van der Waals surface area (Å²) in [5, 5.41) is 0. The highest BCUT2D eigenvalue weighted by Gasteiger charge is 2.29. The van der Waals surface area contributed by atoms with Crippen LogP contribution in [0.4, 0.5) is 0 Å². The first-order valence-corrected chi connectivity index (χ1v) is 6.24. The molecule has 0 aromatic rings. The summed E-state index contributed by atoms with van der Waals surface area (Å²) in [6.07, 6.45) is 1.62. The third-order valence-electron chi connectivity index (χ3n) is 3.45. The maximum absolute atomic E-state index is 11.7. The van der Waals surface area contributed by atoms with Crippen LogP contribution in [0.1, 0.15) is 33.6 Å². The van der Waals surface area contributed by atoms with Gasteiger partial charge in [0.25, 0.3) is 0 Å². The van der Waals surface area contributed by atoms with Gasteiger partial charge in [0.05, 0.1) is 0 Å². The van der Waals surface area contributed by atoms with Gasteiger partial charge in [-0.15, -0.1) is 0 Å². The van der Waals surface area contributed by atoms with Crippen LogP contribution >= 0.6 is 0 Å². The van der Waals surface area contributed by atoms with E-state index in [1.807, 2.05) is 11.8 Å². The molecular weight excluding hydrogens is 202 g/mol. The van der Waals surface area contributed by atoms with Crippen LogP contribution in [-0.2, 0) is 4.79 Å². The zero-order valence-corrected chi connectivity index (χ0v) is 10.8. The first kappa shape index (κ1) is 13.5. The molecule has 0 aromatic carbocycles. The van der Waals surface area contributed by atoms with Gasteiger partial charge < -0.3 is 10.6 Å². The zero-order valence-electron chi connectivity index (χ0n) is 10.8. The maximum Gasteiger partial charge on any atom is 0.222 e. The van der Waals surface area contributed by atoms with Gasteiger partial charge in [0.15, 0.2) is 0 Å². The van der Waals surface area contributed by atoms with Crippen molar-refractivity contribution >= 4 is 5.91 Å². The standard InChI is InChI=1S/C12H25N3O/c1-4-5-11(16)14-6-8-15(9-7-14)12(2,3)10-13/h4-10,13H2,1-3H3. The van der Waals surface area contributed by atoms with Crippen LogP contribution in [0, 0.1) is 0 Å². The Hall–Kier alpha value is -0.610. The fourth-order valence-electron chi connectivity index (χ4n) is 2.06. The first-order chi connectivity index (χ1) is 7.51. The van der Waals surface area contributed by atoms with Crippen LogP contribution < -0.4 is 5.73 Å². The van der Waals surface area contributed by atoms with Crippen LogP contribution in [-0.4, -0.2) is 54.0 Å². The van der Waals surface area contributed by atoms with Crippen molar-refractivity contribution in [2.75, 3.05) is 32.7 Å². The largest absolute Gasteiger partial charge is 0.340 e. The molecule has 1 aliphatic rings. The second kappa shape index (κ2) is 5.64. The third-order valence-corrected chi connectivity index (χ3v) is 3.45. The van der Waals surface area contributed by atoms with Gasteiger partial charge in [0.2, 0.25) is 5.91 Å². The highest BCUT2D eigenvalue weighted by atomic mass is 16.2. The maximum atomic E-state index is 11.7. The van der Waals surface area contributed by atoms with Crippen molar-refractivity contribution in [3.8, 4) is 0 Å². The molecule has 0 radical (unpaired) electrons. The van der Waals surface area contributed by atoms with Gasteiger partial charge in [-0.3, -0.25) is 9.69 Å².